The van der Waals surface area contributed by atoms with Crippen molar-refractivity contribution in [2.45, 2.75) is 51.2 Å². The van der Waals surface area contributed by atoms with Gasteiger partial charge in [0.1, 0.15) is 5.82 Å². The van der Waals surface area contributed by atoms with Crippen molar-refractivity contribution < 1.29 is 0 Å². The van der Waals surface area contributed by atoms with Crippen molar-refractivity contribution in [3.63, 3.8) is 0 Å². The highest BCUT2D eigenvalue weighted by Gasteiger charge is 2.21. The molecule has 1 aliphatic carbocycles. The zero-order valence-electron chi connectivity index (χ0n) is 16.1. The number of aromatic nitrogens is 2. The average Bonchev–Trinajstić information content (AvgIpc) is 2.65. The van der Waals surface area contributed by atoms with Crippen molar-refractivity contribution in [3.8, 4) is 0 Å². The second-order valence-corrected chi connectivity index (χ2v) is 8.23. The number of rotatable bonds is 6. The van der Waals surface area contributed by atoms with Crippen molar-refractivity contribution in [3.05, 3.63) is 45.6 Å². The first-order chi connectivity index (χ1) is 12.9. The molecule has 5 nitrogen and oxygen atoms in total. The third kappa shape index (κ3) is 5.47. The molecular formula is C20H27Cl2N5. The SMILES string of the molecule is Cc1cnc(NC2CCC(NCc3ccc(Cl)c(Cl)c3)CC2)nc1N(C)C. The Morgan fingerprint density at radius 3 is 2.44 bits per heavy atom. The number of benzene rings is 1. The third-order valence-corrected chi connectivity index (χ3v) is 5.75. The number of anilines is 2. The summed E-state index contributed by atoms with van der Waals surface area (Å²) in [7, 11) is 4.01. The lowest BCUT2D eigenvalue weighted by molar-refractivity contribution is 0.352. The fraction of sp³-hybridized carbons (Fsp3) is 0.500. The van der Waals surface area contributed by atoms with E-state index in [1.165, 1.54) is 0 Å². The summed E-state index contributed by atoms with van der Waals surface area (Å²) in [6.07, 6.45) is 6.35. The molecule has 2 N–H and O–H groups in total. The number of nitrogens with one attached hydrogen (secondary N) is 2. The van der Waals surface area contributed by atoms with E-state index in [-0.39, 0.29) is 0 Å². The van der Waals surface area contributed by atoms with E-state index in [2.05, 4.69) is 20.6 Å². The van der Waals surface area contributed by atoms with Crippen LogP contribution in [0.5, 0.6) is 0 Å². The highest BCUT2D eigenvalue weighted by atomic mass is 35.5. The molecule has 3 rings (SSSR count). The van der Waals surface area contributed by atoms with Crippen LogP contribution in [0.15, 0.2) is 24.4 Å². The molecule has 0 radical (unpaired) electrons. The first kappa shape index (κ1) is 20.2. The normalized spacial score (nSPS) is 19.7. The predicted octanol–water partition coefficient (Wildman–Crippen LogP) is 4.67. The molecule has 7 heteroatoms. The van der Waals surface area contributed by atoms with Gasteiger partial charge in [-0.3, -0.25) is 0 Å². The number of hydrogen-bond donors (Lipinski definition) is 2. The molecule has 146 valence electrons. The minimum absolute atomic E-state index is 0.422. The standard InChI is InChI=1S/C20H27Cl2N5/c1-13-11-24-20(26-19(13)27(2)3)25-16-7-5-15(6-8-16)23-12-14-4-9-17(21)18(22)10-14/h4,9-11,15-16,23H,5-8,12H2,1-3H3,(H,24,25,26). The van der Waals surface area contributed by atoms with Crippen LogP contribution in [-0.4, -0.2) is 36.1 Å². The van der Waals surface area contributed by atoms with E-state index in [1.54, 1.807) is 0 Å². The topological polar surface area (TPSA) is 53.1 Å². The minimum atomic E-state index is 0.422. The van der Waals surface area contributed by atoms with Crippen LogP contribution < -0.4 is 15.5 Å². The molecule has 1 fully saturated rings. The molecule has 0 saturated heterocycles. The summed E-state index contributed by atoms with van der Waals surface area (Å²) in [5.41, 5.74) is 2.25. The molecular weight excluding hydrogens is 381 g/mol. The van der Waals surface area contributed by atoms with Crippen molar-refractivity contribution >= 4 is 35.0 Å². The smallest absolute Gasteiger partial charge is 0.224 e. The number of hydrogen-bond acceptors (Lipinski definition) is 5. The third-order valence-electron chi connectivity index (χ3n) is 5.01. The van der Waals surface area contributed by atoms with Gasteiger partial charge in [-0.25, -0.2) is 4.98 Å². The highest BCUT2D eigenvalue weighted by Crippen LogP contribution is 2.25. The maximum Gasteiger partial charge on any atom is 0.224 e. The largest absolute Gasteiger partial charge is 0.362 e. The van der Waals surface area contributed by atoms with E-state index in [1.807, 2.05) is 50.3 Å². The van der Waals surface area contributed by atoms with E-state index in [0.717, 1.165) is 55.1 Å². The van der Waals surface area contributed by atoms with E-state index >= 15 is 0 Å². The second kappa shape index (κ2) is 9.09. The molecule has 0 atom stereocenters. The fourth-order valence-electron chi connectivity index (χ4n) is 3.49. The number of halogens is 2. The molecule has 0 unspecified atom stereocenters. The Balaban J connectivity index is 1.47. The maximum absolute atomic E-state index is 6.09. The molecule has 0 aliphatic heterocycles. The van der Waals surface area contributed by atoms with Crippen LogP contribution in [0.4, 0.5) is 11.8 Å². The van der Waals surface area contributed by atoms with Crippen LogP contribution in [0.2, 0.25) is 10.0 Å². The van der Waals surface area contributed by atoms with Gasteiger partial charge < -0.3 is 15.5 Å². The Kier molecular flexibility index (Phi) is 6.79. The van der Waals surface area contributed by atoms with E-state index in [4.69, 9.17) is 23.2 Å². The second-order valence-electron chi connectivity index (χ2n) is 7.42. The van der Waals surface area contributed by atoms with Crippen LogP contribution in [0.3, 0.4) is 0 Å². The monoisotopic (exact) mass is 407 g/mol. The van der Waals surface area contributed by atoms with Gasteiger partial charge in [0.05, 0.1) is 10.0 Å². The molecule has 1 saturated carbocycles. The average molecular weight is 408 g/mol. The van der Waals surface area contributed by atoms with Crippen LogP contribution in [0.1, 0.15) is 36.8 Å². The summed E-state index contributed by atoms with van der Waals surface area (Å²) in [5, 5.41) is 8.35. The minimum Gasteiger partial charge on any atom is -0.362 e. The summed E-state index contributed by atoms with van der Waals surface area (Å²) in [5.74, 6) is 1.68. The van der Waals surface area contributed by atoms with E-state index in [0.29, 0.717) is 22.1 Å². The van der Waals surface area contributed by atoms with Gasteiger partial charge in [0, 0.05) is 44.5 Å². The van der Waals surface area contributed by atoms with Crippen LogP contribution in [0.25, 0.3) is 0 Å². The molecule has 0 bridgehead atoms. The van der Waals surface area contributed by atoms with Crippen molar-refractivity contribution in [1.82, 2.24) is 15.3 Å². The highest BCUT2D eigenvalue weighted by molar-refractivity contribution is 6.42. The van der Waals surface area contributed by atoms with Gasteiger partial charge >= 0.3 is 0 Å². The summed E-state index contributed by atoms with van der Waals surface area (Å²) in [4.78, 5) is 11.1. The van der Waals surface area contributed by atoms with Crippen molar-refractivity contribution in [1.29, 1.82) is 0 Å². The van der Waals surface area contributed by atoms with Crippen LogP contribution in [0, 0.1) is 6.92 Å². The molecule has 27 heavy (non-hydrogen) atoms. The molecule has 2 aromatic rings. The number of nitrogens with zero attached hydrogens (tertiary/aromatic N) is 3. The van der Waals surface area contributed by atoms with E-state index < -0.39 is 0 Å². The molecule has 1 aromatic heterocycles. The van der Waals surface area contributed by atoms with Gasteiger partial charge in [0.15, 0.2) is 0 Å². The summed E-state index contributed by atoms with van der Waals surface area (Å²) in [6, 6.07) is 6.75. The summed E-state index contributed by atoms with van der Waals surface area (Å²) >= 11 is 12.1. The molecule has 1 aromatic carbocycles. The Hall–Kier alpha value is -1.56. The molecule has 1 aliphatic rings. The fourth-order valence-corrected chi connectivity index (χ4v) is 3.81. The summed E-state index contributed by atoms with van der Waals surface area (Å²) < 4.78 is 0. The van der Waals surface area contributed by atoms with Gasteiger partial charge in [-0.2, -0.15) is 4.98 Å². The van der Waals surface area contributed by atoms with Gasteiger partial charge in [-0.05, 0) is 50.3 Å². The first-order valence-electron chi connectivity index (χ1n) is 9.37. The zero-order chi connectivity index (χ0) is 19.4. The first-order valence-corrected chi connectivity index (χ1v) is 10.1. The predicted molar refractivity (Wildman–Crippen MR) is 114 cm³/mol. The van der Waals surface area contributed by atoms with Crippen LogP contribution in [-0.2, 0) is 6.54 Å². The van der Waals surface area contributed by atoms with E-state index in [9.17, 15) is 0 Å². The molecule has 1 heterocycles. The number of aryl methyl sites for hydroxylation is 1. The Morgan fingerprint density at radius 1 is 1.07 bits per heavy atom. The Morgan fingerprint density at radius 2 is 1.78 bits per heavy atom. The quantitative estimate of drug-likeness (QED) is 0.728. The van der Waals surface area contributed by atoms with Crippen molar-refractivity contribution in [2.24, 2.45) is 0 Å². The van der Waals surface area contributed by atoms with Crippen molar-refractivity contribution in [2.75, 3.05) is 24.3 Å². The maximum atomic E-state index is 6.09. The van der Waals surface area contributed by atoms with Crippen LogP contribution >= 0.6 is 23.2 Å². The molecule has 0 amide bonds. The lowest BCUT2D eigenvalue weighted by Gasteiger charge is -2.30. The van der Waals surface area contributed by atoms with Gasteiger partial charge in [0.25, 0.3) is 0 Å². The molecule has 0 spiro atoms. The zero-order valence-corrected chi connectivity index (χ0v) is 17.6. The Labute approximate surface area is 171 Å². The lowest BCUT2D eigenvalue weighted by Crippen LogP contribution is -2.37. The van der Waals surface area contributed by atoms with Gasteiger partial charge in [0.2, 0.25) is 5.95 Å². The van der Waals surface area contributed by atoms with Gasteiger partial charge in [-0.1, -0.05) is 29.3 Å². The van der Waals surface area contributed by atoms with Gasteiger partial charge in [-0.15, -0.1) is 0 Å². The summed E-state index contributed by atoms with van der Waals surface area (Å²) in [6.45, 7) is 2.84. The Bertz CT molecular complexity index is 773. The lowest BCUT2D eigenvalue weighted by atomic mass is 9.91.